The van der Waals surface area contributed by atoms with Crippen molar-refractivity contribution in [1.29, 1.82) is 0 Å². The van der Waals surface area contributed by atoms with Crippen LogP contribution >= 0.6 is 0 Å². The molecule has 1 fully saturated rings. The Labute approximate surface area is 122 Å². The number of hydrogen-bond donors (Lipinski definition) is 1. The van der Waals surface area contributed by atoms with Crippen LogP contribution in [-0.4, -0.2) is 51.0 Å². The zero-order valence-corrected chi connectivity index (χ0v) is 12.6. The first-order valence-corrected chi connectivity index (χ1v) is 7.84. The molecule has 2 rings (SSSR count). The fourth-order valence-corrected chi connectivity index (χ4v) is 3.60. The molecule has 116 valence electrons. The molecule has 1 aromatic rings. The Hall–Kier alpha value is -1.71. The Morgan fingerprint density at radius 1 is 1.48 bits per heavy atom. The molecule has 0 aliphatic carbocycles. The molecular weight excluding hydrogens is 298 g/mol. The normalized spacial score (nSPS) is 18.9. The molecule has 0 radical (unpaired) electrons. The average Bonchev–Trinajstić information content (AvgIpc) is 2.99. The van der Waals surface area contributed by atoms with Gasteiger partial charge in [0.1, 0.15) is 5.69 Å². The van der Waals surface area contributed by atoms with Crippen LogP contribution < -0.4 is 5.32 Å². The number of ether oxygens (including phenoxy) is 1. The standard InChI is InChI=1S/C12H17N3O5S/c1-13-11-7-10(3-4-12(11)15(16)17)21(18,19)14(2)9-5-6-20-8-9/h3-4,7,9,13H,5-6,8H2,1-2H3. The highest BCUT2D eigenvalue weighted by Gasteiger charge is 2.31. The van der Waals surface area contributed by atoms with Gasteiger partial charge in [-0.1, -0.05) is 0 Å². The van der Waals surface area contributed by atoms with Crippen LogP contribution in [0.3, 0.4) is 0 Å². The van der Waals surface area contributed by atoms with Crippen LogP contribution in [0, 0.1) is 10.1 Å². The molecule has 0 bridgehead atoms. The van der Waals surface area contributed by atoms with Crippen LogP contribution in [0.25, 0.3) is 0 Å². The van der Waals surface area contributed by atoms with E-state index >= 15 is 0 Å². The van der Waals surface area contributed by atoms with Crippen LogP contribution in [0.5, 0.6) is 0 Å². The summed E-state index contributed by atoms with van der Waals surface area (Å²) in [6, 6.07) is 3.51. The summed E-state index contributed by atoms with van der Waals surface area (Å²) in [6.07, 6.45) is 0.640. The summed E-state index contributed by atoms with van der Waals surface area (Å²) in [5.41, 5.74) is 0.000416. The Morgan fingerprint density at radius 2 is 2.19 bits per heavy atom. The minimum atomic E-state index is -3.71. The van der Waals surface area contributed by atoms with Crippen molar-refractivity contribution in [2.24, 2.45) is 0 Å². The number of anilines is 1. The number of nitrogens with zero attached hydrogens (tertiary/aromatic N) is 2. The van der Waals surface area contributed by atoms with E-state index in [0.29, 0.717) is 19.6 Å². The molecule has 1 unspecified atom stereocenters. The van der Waals surface area contributed by atoms with E-state index in [-0.39, 0.29) is 22.3 Å². The molecule has 8 nitrogen and oxygen atoms in total. The summed E-state index contributed by atoms with van der Waals surface area (Å²) in [6.45, 7) is 0.897. The van der Waals surface area contributed by atoms with Gasteiger partial charge in [0.05, 0.1) is 22.5 Å². The summed E-state index contributed by atoms with van der Waals surface area (Å²) >= 11 is 0. The highest BCUT2D eigenvalue weighted by atomic mass is 32.2. The van der Waals surface area contributed by atoms with Gasteiger partial charge < -0.3 is 10.1 Å². The average molecular weight is 315 g/mol. The van der Waals surface area contributed by atoms with Gasteiger partial charge in [-0.3, -0.25) is 10.1 Å². The number of sulfonamides is 1. The van der Waals surface area contributed by atoms with Gasteiger partial charge in [0.2, 0.25) is 10.0 Å². The molecule has 9 heteroatoms. The van der Waals surface area contributed by atoms with E-state index in [1.165, 1.54) is 36.6 Å². The maximum atomic E-state index is 12.5. The first-order chi connectivity index (χ1) is 9.87. The zero-order chi connectivity index (χ0) is 15.6. The molecule has 0 aromatic heterocycles. The van der Waals surface area contributed by atoms with Gasteiger partial charge in [-0.15, -0.1) is 0 Å². The van der Waals surface area contributed by atoms with Crippen LogP contribution in [0.1, 0.15) is 6.42 Å². The topological polar surface area (TPSA) is 102 Å². The number of benzene rings is 1. The third kappa shape index (κ3) is 2.99. The van der Waals surface area contributed by atoms with Crippen molar-refractivity contribution < 1.29 is 18.1 Å². The van der Waals surface area contributed by atoms with Crippen molar-refractivity contribution in [2.75, 3.05) is 32.6 Å². The lowest BCUT2D eigenvalue weighted by atomic mass is 10.3. The molecule has 1 heterocycles. The van der Waals surface area contributed by atoms with Gasteiger partial charge >= 0.3 is 0 Å². The predicted molar refractivity (Wildman–Crippen MR) is 76.8 cm³/mol. The highest BCUT2D eigenvalue weighted by molar-refractivity contribution is 7.89. The second-order valence-corrected chi connectivity index (χ2v) is 6.72. The largest absolute Gasteiger partial charge is 0.383 e. The SMILES string of the molecule is CNc1cc(S(=O)(=O)N(C)C2CCOC2)ccc1[N+](=O)[O-]. The number of nitrogens with one attached hydrogen (secondary N) is 1. The Kier molecular flexibility index (Phi) is 4.45. The van der Waals surface area contributed by atoms with Gasteiger partial charge in [-0.05, 0) is 18.6 Å². The second kappa shape index (κ2) is 5.96. The maximum Gasteiger partial charge on any atom is 0.292 e. The molecule has 1 aromatic carbocycles. The van der Waals surface area contributed by atoms with Crippen molar-refractivity contribution in [3.8, 4) is 0 Å². The lowest BCUT2D eigenvalue weighted by molar-refractivity contribution is -0.384. The third-order valence-corrected chi connectivity index (χ3v) is 5.44. The number of rotatable bonds is 5. The van der Waals surface area contributed by atoms with Crippen LogP contribution in [0.4, 0.5) is 11.4 Å². The lowest BCUT2D eigenvalue weighted by Crippen LogP contribution is -2.37. The monoisotopic (exact) mass is 315 g/mol. The predicted octanol–water partition coefficient (Wildman–Crippen LogP) is 1.05. The van der Waals surface area contributed by atoms with Crippen LogP contribution in [0.15, 0.2) is 23.1 Å². The Balaban J connectivity index is 2.38. The van der Waals surface area contributed by atoms with E-state index in [1.807, 2.05) is 0 Å². The number of nitro groups is 1. The molecule has 21 heavy (non-hydrogen) atoms. The van der Waals surface area contributed by atoms with Crippen molar-refractivity contribution in [2.45, 2.75) is 17.4 Å². The summed E-state index contributed by atoms with van der Waals surface area (Å²) in [5.74, 6) is 0. The maximum absolute atomic E-state index is 12.5. The fourth-order valence-electron chi connectivity index (χ4n) is 2.21. The highest BCUT2D eigenvalue weighted by Crippen LogP contribution is 2.29. The van der Waals surface area contributed by atoms with Gasteiger partial charge in [-0.25, -0.2) is 8.42 Å². The molecule has 0 spiro atoms. The third-order valence-electron chi connectivity index (χ3n) is 3.53. The fraction of sp³-hybridized carbons (Fsp3) is 0.500. The zero-order valence-electron chi connectivity index (χ0n) is 11.8. The van der Waals surface area contributed by atoms with E-state index in [2.05, 4.69) is 5.32 Å². The molecular formula is C12H17N3O5S. The molecule has 1 aliphatic heterocycles. The van der Waals surface area contributed by atoms with Crippen molar-refractivity contribution in [3.63, 3.8) is 0 Å². The Bertz CT molecular complexity index is 640. The van der Waals surface area contributed by atoms with Gasteiger partial charge in [0, 0.05) is 26.8 Å². The van der Waals surface area contributed by atoms with Crippen molar-refractivity contribution >= 4 is 21.4 Å². The van der Waals surface area contributed by atoms with Crippen molar-refractivity contribution in [3.05, 3.63) is 28.3 Å². The quantitative estimate of drug-likeness (QED) is 0.643. The van der Waals surface area contributed by atoms with Gasteiger partial charge in [0.25, 0.3) is 5.69 Å². The minimum absolute atomic E-state index is 0.0202. The summed E-state index contributed by atoms with van der Waals surface area (Å²) in [4.78, 5) is 10.3. The lowest BCUT2D eigenvalue weighted by Gasteiger charge is -2.22. The van der Waals surface area contributed by atoms with Crippen LogP contribution in [-0.2, 0) is 14.8 Å². The summed E-state index contributed by atoms with van der Waals surface area (Å²) < 4.78 is 31.5. The van der Waals surface area contributed by atoms with E-state index in [0.717, 1.165) is 0 Å². The van der Waals surface area contributed by atoms with Crippen molar-refractivity contribution in [1.82, 2.24) is 4.31 Å². The molecule has 0 saturated carbocycles. The first-order valence-electron chi connectivity index (χ1n) is 6.40. The first kappa shape index (κ1) is 15.7. The Morgan fingerprint density at radius 3 is 2.71 bits per heavy atom. The van der Waals surface area contributed by atoms with Gasteiger partial charge in [-0.2, -0.15) is 4.31 Å². The molecule has 1 saturated heterocycles. The molecule has 1 aliphatic rings. The van der Waals surface area contributed by atoms with E-state index in [4.69, 9.17) is 4.74 Å². The van der Waals surface area contributed by atoms with E-state index in [1.54, 1.807) is 0 Å². The number of nitro benzene ring substituents is 1. The van der Waals surface area contributed by atoms with Crippen LogP contribution in [0.2, 0.25) is 0 Å². The number of hydrogen-bond acceptors (Lipinski definition) is 6. The molecule has 1 N–H and O–H groups in total. The molecule has 1 atom stereocenters. The summed E-state index contributed by atoms with van der Waals surface area (Å²) in [5, 5.41) is 13.5. The number of likely N-dealkylation sites (N-methyl/N-ethyl adjacent to an activating group) is 1. The minimum Gasteiger partial charge on any atom is -0.383 e. The summed E-state index contributed by atoms with van der Waals surface area (Å²) in [7, 11) is -0.704. The second-order valence-electron chi connectivity index (χ2n) is 4.72. The smallest absolute Gasteiger partial charge is 0.292 e. The van der Waals surface area contributed by atoms with Gasteiger partial charge in [0.15, 0.2) is 0 Å². The van der Waals surface area contributed by atoms with E-state index in [9.17, 15) is 18.5 Å². The van der Waals surface area contributed by atoms with E-state index < -0.39 is 14.9 Å². The molecule has 0 amide bonds.